The van der Waals surface area contributed by atoms with Crippen LogP contribution in [-0.4, -0.2) is 29.5 Å². The third-order valence-corrected chi connectivity index (χ3v) is 6.16. The number of hydrogen-bond donors (Lipinski definition) is 2. The van der Waals surface area contributed by atoms with Crippen molar-refractivity contribution in [2.45, 2.75) is 0 Å². The van der Waals surface area contributed by atoms with Crippen LogP contribution in [0.25, 0.3) is 22.2 Å². The zero-order chi connectivity index (χ0) is 27.9. The number of anilines is 2. The molecule has 2 N–H and O–H groups in total. The summed E-state index contributed by atoms with van der Waals surface area (Å²) in [7, 11) is 0. The maximum atomic E-state index is 13.3. The number of nitrogens with one attached hydrogen (secondary N) is 2. The Morgan fingerprint density at radius 1 is 0.800 bits per heavy atom. The van der Waals surface area contributed by atoms with Gasteiger partial charge in [0.2, 0.25) is 0 Å². The van der Waals surface area contributed by atoms with E-state index in [4.69, 9.17) is 16.3 Å². The van der Waals surface area contributed by atoms with Crippen LogP contribution < -0.4 is 15.8 Å². The second-order valence-electron chi connectivity index (χ2n) is 8.65. The third kappa shape index (κ3) is 6.25. The van der Waals surface area contributed by atoms with Gasteiger partial charge < -0.3 is 10.1 Å². The lowest BCUT2D eigenvalue weighted by Crippen LogP contribution is -2.49. The van der Waals surface area contributed by atoms with Gasteiger partial charge in [0.15, 0.2) is 6.61 Å². The topological polar surface area (TPSA) is 101 Å². The number of halogens is 1. The highest BCUT2D eigenvalue weighted by molar-refractivity contribution is 6.30. The van der Waals surface area contributed by atoms with E-state index in [1.54, 1.807) is 91.0 Å². The Bertz CT molecular complexity index is 1660. The zero-order valence-corrected chi connectivity index (χ0v) is 21.8. The second-order valence-corrected chi connectivity index (χ2v) is 9.09. The molecule has 0 bridgehead atoms. The van der Waals surface area contributed by atoms with E-state index in [1.165, 1.54) is 0 Å². The van der Waals surface area contributed by atoms with Crippen LogP contribution in [0.5, 0.6) is 0 Å². The molecular formula is C31H23ClN4O4. The molecule has 0 aliphatic carbocycles. The van der Waals surface area contributed by atoms with E-state index in [-0.39, 0.29) is 5.56 Å². The number of amides is 3. The van der Waals surface area contributed by atoms with E-state index in [2.05, 4.69) is 15.7 Å². The fraction of sp³-hybridized carbons (Fsp3) is 0.0323. The summed E-state index contributed by atoms with van der Waals surface area (Å²) >= 11 is 6.03. The van der Waals surface area contributed by atoms with Gasteiger partial charge in [-0.25, -0.2) is 25.0 Å². The summed E-state index contributed by atoms with van der Waals surface area (Å²) in [5.41, 5.74) is 5.65. The number of carbonyl (C=O) groups excluding carboxylic acids is 3. The van der Waals surface area contributed by atoms with Gasteiger partial charge in [0, 0.05) is 21.7 Å². The zero-order valence-electron chi connectivity index (χ0n) is 21.1. The summed E-state index contributed by atoms with van der Waals surface area (Å²) in [5.74, 6) is -1.36. The Morgan fingerprint density at radius 2 is 1.45 bits per heavy atom. The number of carbonyl (C=O) groups is 3. The number of esters is 1. The summed E-state index contributed by atoms with van der Waals surface area (Å²) in [6, 6.07) is 32.6. The predicted molar refractivity (Wildman–Crippen MR) is 155 cm³/mol. The Balaban J connectivity index is 1.36. The Kier molecular flexibility index (Phi) is 7.99. The molecule has 1 heterocycles. The van der Waals surface area contributed by atoms with Crippen molar-refractivity contribution in [3.63, 3.8) is 0 Å². The number of para-hydroxylation sites is 3. The third-order valence-electron chi connectivity index (χ3n) is 5.91. The van der Waals surface area contributed by atoms with Crippen molar-refractivity contribution in [3.05, 3.63) is 126 Å². The van der Waals surface area contributed by atoms with Gasteiger partial charge in [0.1, 0.15) is 0 Å². The highest BCUT2D eigenvalue weighted by Gasteiger charge is 2.22. The molecule has 0 aliphatic heterocycles. The number of rotatable bonds is 6. The number of urea groups is 1. The van der Waals surface area contributed by atoms with Crippen molar-refractivity contribution in [1.29, 1.82) is 0 Å². The summed E-state index contributed by atoms with van der Waals surface area (Å²) in [4.78, 5) is 43.8. The molecule has 0 saturated carbocycles. The first-order valence-electron chi connectivity index (χ1n) is 12.3. The fourth-order valence-electron chi connectivity index (χ4n) is 4.01. The molecule has 0 atom stereocenters. The number of hydrogen-bond acceptors (Lipinski definition) is 5. The van der Waals surface area contributed by atoms with Crippen LogP contribution in [0.2, 0.25) is 5.02 Å². The Morgan fingerprint density at radius 3 is 2.17 bits per heavy atom. The molecular weight excluding hydrogens is 528 g/mol. The van der Waals surface area contributed by atoms with E-state index in [0.717, 1.165) is 10.6 Å². The van der Waals surface area contributed by atoms with Gasteiger partial charge >= 0.3 is 12.0 Å². The van der Waals surface area contributed by atoms with Gasteiger partial charge in [-0.15, -0.1) is 0 Å². The van der Waals surface area contributed by atoms with Gasteiger partial charge in [0.05, 0.1) is 22.5 Å². The molecule has 5 aromatic rings. The summed E-state index contributed by atoms with van der Waals surface area (Å²) in [5, 5.41) is 4.86. The van der Waals surface area contributed by atoms with Crippen molar-refractivity contribution in [1.82, 2.24) is 10.4 Å². The van der Waals surface area contributed by atoms with Crippen LogP contribution in [0.1, 0.15) is 10.4 Å². The van der Waals surface area contributed by atoms with Crippen LogP contribution in [-0.2, 0) is 9.53 Å². The van der Waals surface area contributed by atoms with Crippen LogP contribution in [0.4, 0.5) is 16.2 Å². The summed E-state index contributed by atoms with van der Waals surface area (Å²) in [6.07, 6.45) is 0. The first kappa shape index (κ1) is 26.4. The minimum atomic E-state index is -0.705. The maximum Gasteiger partial charge on any atom is 0.339 e. The number of nitrogens with zero attached hydrogens (tertiary/aromatic N) is 2. The van der Waals surface area contributed by atoms with Gasteiger partial charge in [0.25, 0.3) is 5.91 Å². The van der Waals surface area contributed by atoms with Crippen LogP contribution in [0.3, 0.4) is 0 Å². The molecule has 198 valence electrons. The lowest BCUT2D eigenvalue weighted by atomic mass is 10.0. The van der Waals surface area contributed by atoms with Crippen molar-refractivity contribution in [2.75, 3.05) is 16.9 Å². The molecule has 0 aliphatic rings. The normalized spacial score (nSPS) is 10.5. The highest BCUT2D eigenvalue weighted by atomic mass is 35.5. The largest absolute Gasteiger partial charge is 0.452 e. The predicted octanol–water partition coefficient (Wildman–Crippen LogP) is 6.48. The molecule has 0 saturated heterocycles. The fourth-order valence-corrected chi connectivity index (χ4v) is 4.14. The molecule has 0 radical (unpaired) electrons. The number of hydrazine groups is 1. The van der Waals surface area contributed by atoms with Crippen LogP contribution in [0.15, 0.2) is 115 Å². The molecule has 3 amide bonds. The quantitative estimate of drug-likeness (QED) is 0.186. The van der Waals surface area contributed by atoms with Gasteiger partial charge in [-0.1, -0.05) is 78.3 Å². The second kappa shape index (κ2) is 12.1. The Hall–Kier alpha value is -5.21. The first-order valence-corrected chi connectivity index (χ1v) is 12.7. The number of benzene rings is 4. The molecule has 40 heavy (non-hydrogen) atoms. The number of ether oxygens (including phenoxy) is 1. The molecule has 1 aromatic heterocycles. The lowest BCUT2D eigenvalue weighted by molar-refractivity contribution is -0.122. The molecule has 8 nitrogen and oxygen atoms in total. The molecule has 0 unspecified atom stereocenters. The number of fused-ring (bicyclic) bond motifs is 1. The number of aromatic nitrogens is 1. The molecule has 4 aromatic carbocycles. The van der Waals surface area contributed by atoms with Crippen molar-refractivity contribution < 1.29 is 19.1 Å². The highest BCUT2D eigenvalue weighted by Crippen LogP contribution is 2.26. The lowest BCUT2D eigenvalue weighted by Gasteiger charge is -2.23. The van der Waals surface area contributed by atoms with Crippen molar-refractivity contribution in [2.24, 2.45) is 0 Å². The van der Waals surface area contributed by atoms with Gasteiger partial charge in [-0.3, -0.25) is 4.79 Å². The minimum absolute atomic E-state index is 0.254. The van der Waals surface area contributed by atoms with E-state index < -0.39 is 24.5 Å². The van der Waals surface area contributed by atoms with E-state index in [0.29, 0.717) is 33.0 Å². The molecule has 0 spiro atoms. The standard InChI is InChI=1S/C31H23ClN4O4/c32-22-17-15-21(16-18-22)28-19-26(25-13-7-8-14-27(25)34-28)30(38)40-20-29(37)36(24-11-5-2-6-12-24)35-31(39)33-23-9-3-1-4-10-23/h1-19H,20H2,(H2,33,35,39). The average Bonchev–Trinajstić information content (AvgIpc) is 2.99. The van der Waals surface area contributed by atoms with Crippen molar-refractivity contribution in [3.8, 4) is 11.3 Å². The smallest absolute Gasteiger partial charge is 0.339 e. The SMILES string of the molecule is O=C(Nc1ccccc1)NN(C(=O)COC(=O)c1cc(-c2ccc(Cl)cc2)nc2ccccc12)c1ccccc1. The Labute approximate surface area is 235 Å². The maximum absolute atomic E-state index is 13.3. The summed E-state index contributed by atoms with van der Waals surface area (Å²) in [6.45, 7) is -0.619. The molecule has 9 heteroatoms. The van der Waals surface area contributed by atoms with Crippen LogP contribution in [0, 0.1) is 0 Å². The first-order chi connectivity index (χ1) is 19.5. The minimum Gasteiger partial charge on any atom is -0.452 e. The number of pyridine rings is 1. The molecule has 0 fully saturated rings. The van der Waals surface area contributed by atoms with E-state index >= 15 is 0 Å². The molecule has 5 rings (SSSR count). The van der Waals surface area contributed by atoms with Crippen LogP contribution >= 0.6 is 11.6 Å². The average molecular weight is 551 g/mol. The van der Waals surface area contributed by atoms with Gasteiger partial charge in [-0.05, 0) is 48.5 Å². The van der Waals surface area contributed by atoms with Crippen molar-refractivity contribution >= 4 is 51.8 Å². The van der Waals surface area contributed by atoms with E-state index in [9.17, 15) is 14.4 Å². The monoisotopic (exact) mass is 550 g/mol. The van der Waals surface area contributed by atoms with Gasteiger partial charge in [-0.2, -0.15) is 0 Å². The van der Waals surface area contributed by atoms with E-state index in [1.807, 2.05) is 24.3 Å². The summed E-state index contributed by atoms with van der Waals surface area (Å²) < 4.78 is 5.46.